The highest BCUT2D eigenvalue weighted by molar-refractivity contribution is 5.82. The number of likely N-dealkylation sites (tertiary alicyclic amines) is 1. The molecule has 0 aliphatic carbocycles. The van der Waals surface area contributed by atoms with Crippen LogP contribution in [0.2, 0.25) is 0 Å². The summed E-state index contributed by atoms with van der Waals surface area (Å²) >= 11 is 0. The second-order valence-corrected chi connectivity index (χ2v) is 6.90. The van der Waals surface area contributed by atoms with Crippen molar-refractivity contribution in [2.45, 2.75) is 33.2 Å². The van der Waals surface area contributed by atoms with Crippen molar-refractivity contribution < 1.29 is 14.5 Å². The molecule has 1 saturated heterocycles. The molecular formula is C18H25N3O4. The summed E-state index contributed by atoms with van der Waals surface area (Å²) in [6.07, 6.45) is 1.58. The summed E-state index contributed by atoms with van der Waals surface area (Å²) < 4.78 is 0. The van der Waals surface area contributed by atoms with E-state index in [0.29, 0.717) is 19.6 Å². The molecule has 0 bridgehead atoms. The van der Waals surface area contributed by atoms with Gasteiger partial charge in [-0.05, 0) is 18.4 Å². The molecule has 0 aromatic heterocycles. The van der Waals surface area contributed by atoms with Crippen LogP contribution < -0.4 is 0 Å². The van der Waals surface area contributed by atoms with E-state index in [1.807, 2.05) is 13.8 Å². The van der Waals surface area contributed by atoms with Gasteiger partial charge in [0.2, 0.25) is 11.8 Å². The maximum absolute atomic E-state index is 12.7. The number of piperidine rings is 1. The zero-order valence-electron chi connectivity index (χ0n) is 15.0. The molecule has 0 spiro atoms. The van der Waals surface area contributed by atoms with Gasteiger partial charge in [-0.1, -0.05) is 26.0 Å². The maximum atomic E-state index is 12.7. The molecule has 1 heterocycles. The van der Waals surface area contributed by atoms with Crippen LogP contribution in [0.5, 0.6) is 0 Å². The van der Waals surface area contributed by atoms with Gasteiger partial charge in [0.1, 0.15) is 0 Å². The van der Waals surface area contributed by atoms with E-state index in [1.165, 1.54) is 12.1 Å². The van der Waals surface area contributed by atoms with E-state index in [-0.39, 0.29) is 29.3 Å². The molecule has 0 N–H and O–H groups in total. The average molecular weight is 347 g/mol. The third-order valence-electron chi connectivity index (χ3n) is 4.49. The summed E-state index contributed by atoms with van der Waals surface area (Å²) in [6.45, 7) is 5.20. The van der Waals surface area contributed by atoms with Crippen LogP contribution in [-0.2, 0) is 16.1 Å². The largest absolute Gasteiger partial charge is 0.342 e. The topological polar surface area (TPSA) is 83.8 Å². The fourth-order valence-corrected chi connectivity index (χ4v) is 3.18. The van der Waals surface area contributed by atoms with Crippen LogP contribution in [0.3, 0.4) is 0 Å². The van der Waals surface area contributed by atoms with Gasteiger partial charge in [0.25, 0.3) is 5.69 Å². The third-order valence-corrected chi connectivity index (χ3v) is 4.49. The summed E-state index contributed by atoms with van der Waals surface area (Å²) in [5.74, 6) is -0.219. The molecule has 1 aromatic rings. The Bertz CT molecular complexity index is 659. The summed E-state index contributed by atoms with van der Waals surface area (Å²) in [4.78, 5) is 38.7. The molecular weight excluding hydrogens is 322 g/mol. The monoisotopic (exact) mass is 347 g/mol. The van der Waals surface area contributed by atoms with Gasteiger partial charge < -0.3 is 9.80 Å². The van der Waals surface area contributed by atoms with E-state index in [1.54, 1.807) is 29.0 Å². The van der Waals surface area contributed by atoms with Crippen molar-refractivity contribution in [1.82, 2.24) is 9.80 Å². The van der Waals surface area contributed by atoms with Gasteiger partial charge in [-0.15, -0.1) is 0 Å². The minimum Gasteiger partial charge on any atom is -0.342 e. The molecule has 1 atom stereocenters. The fraction of sp³-hybridized carbons (Fsp3) is 0.556. The number of hydrogen-bond acceptors (Lipinski definition) is 4. The van der Waals surface area contributed by atoms with Crippen molar-refractivity contribution in [2.24, 2.45) is 11.8 Å². The maximum Gasteiger partial charge on any atom is 0.269 e. The summed E-state index contributed by atoms with van der Waals surface area (Å²) in [5, 5.41) is 10.9. The van der Waals surface area contributed by atoms with Gasteiger partial charge in [0.15, 0.2) is 0 Å². The molecule has 1 fully saturated rings. The van der Waals surface area contributed by atoms with Crippen LogP contribution in [0.15, 0.2) is 24.3 Å². The SMILES string of the molecule is CC(C)C(=O)N1CCC[C@H](C(=O)N(C)Cc2cccc([N+](=O)[O-])c2)C1. The second kappa shape index (κ2) is 8.09. The second-order valence-electron chi connectivity index (χ2n) is 6.90. The molecule has 0 unspecified atom stereocenters. The minimum atomic E-state index is -0.443. The lowest BCUT2D eigenvalue weighted by Gasteiger charge is -2.35. The number of carbonyl (C=O) groups is 2. The number of nitro groups is 1. The van der Waals surface area contributed by atoms with Crippen molar-refractivity contribution in [3.05, 3.63) is 39.9 Å². The molecule has 136 valence electrons. The molecule has 2 amide bonds. The highest BCUT2D eigenvalue weighted by Gasteiger charge is 2.30. The highest BCUT2D eigenvalue weighted by Crippen LogP contribution is 2.21. The summed E-state index contributed by atoms with van der Waals surface area (Å²) in [5.41, 5.74) is 0.737. The number of non-ortho nitro benzene ring substituents is 1. The van der Waals surface area contributed by atoms with Crippen LogP contribution in [0, 0.1) is 22.0 Å². The molecule has 0 saturated carbocycles. The van der Waals surface area contributed by atoms with E-state index < -0.39 is 4.92 Å². The first-order chi connectivity index (χ1) is 11.8. The van der Waals surface area contributed by atoms with Gasteiger partial charge in [0.05, 0.1) is 10.8 Å². The van der Waals surface area contributed by atoms with E-state index in [4.69, 9.17) is 0 Å². The molecule has 0 radical (unpaired) electrons. The molecule has 1 aromatic carbocycles. The fourth-order valence-electron chi connectivity index (χ4n) is 3.18. The predicted molar refractivity (Wildman–Crippen MR) is 93.7 cm³/mol. The zero-order valence-corrected chi connectivity index (χ0v) is 15.0. The minimum absolute atomic E-state index is 0.0183. The number of carbonyl (C=O) groups excluding carboxylic acids is 2. The molecule has 7 heteroatoms. The van der Waals surface area contributed by atoms with Gasteiger partial charge >= 0.3 is 0 Å². The summed E-state index contributed by atoms with van der Waals surface area (Å²) in [6, 6.07) is 6.31. The Morgan fingerprint density at radius 1 is 1.40 bits per heavy atom. The lowest BCUT2D eigenvalue weighted by Crippen LogP contribution is -2.46. The molecule has 25 heavy (non-hydrogen) atoms. The zero-order chi connectivity index (χ0) is 18.6. The highest BCUT2D eigenvalue weighted by atomic mass is 16.6. The van der Waals surface area contributed by atoms with Crippen molar-refractivity contribution >= 4 is 17.5 Å². The lowest BCUT2D eigenvalue weighted by atomic mass is 9.95. The summed E-state index contributed by atoms with van der Waals surface area (Å²) in [7, 11) is 1.70. The average Bonchev–Trinajstić information content (AvgIpc) is 2.60. The van der Waals surface area contributed by atoms with Crippen LogP contribution >= 0.6 is 0 Å². The van der Waals surface area contributed by atoms with Crippen LogP contribution in [-0.4, -0.2) is 46.7 Å². The Labute approximate surface area is 147 Å². The quantitative estimate of drug-likeness (QED) is 0.605. The number of nitrogens with zero attached hydrogens (tertiary/aromatic N) is 3. The van der Waals surface area contributed by atoms with E-state index in [2.05, 4.69) is 0 Å². The Morgan fingerprint density at radius 2 is 2.12 bits per heavy atom. The van der Waals surface area contributed by atoms with E-state index in [9.17, 15) is 19.7 Å². The van der Waals surface area contributed by atoms with Crippen LogP contribution in [0.4, 0.5) is 5.69 Å². The van der Waals surface area contributed by atoms with Gasteiger partial charge in [-0.3, -0.25) is 19.7 Å². The van der Waals surface area contributed by atoms with Gasteiger partial charge in [-0.2, -0.15) is 0 Å². The standard InChI is InChI=1S/C18H25N3O4/c1-13(2)17(22)20-9-5-7-15(12-20)18(23)19(3)11-14-6-4-8-16(10-14)21(24)25/h4,6,8,10,13,15H,5,7,9,11-12H2,1-3H3/t15-/m0/s1. The van der Waals surface area contributed by atoms with Gasteiger partial charge in [-0.25, -0.2) is 0 Å². The third kappa shape index (κ3) is 4.78. The smallest absolute Gasteiger partial charge is 0.269 e. The number of rotatable bonds is 5. The first-order valence-electron chi connectivity index (χ1n) is 8.56. The first-order valence-corrected chi connectivity index (χ1v) is 8.56. The molecule has 1 aliphatic heterocycles. The van der Waals surface area contributed by atoms with Crippen LogP contribution in [0.1, 0.15) is 32.3 Å². The number of hydrogen-bond donors (Lipinski definition) is 0. The van der Waals surface area contributed by atoms with Crippen molar-refractivity contribution in [3.8, 4) is 0 Å². The number of nitro benzene ring substituents is 1. The van der Waals surface area contributed by atoms with Gasteiger partial charge in [0, 0.05) is 44.7 Å². The predicted octanol–water partition coefficient (Wildman–Crippen LogP) is 2.45. The van der Waals surface area contributed by atoms with Crippen LogP contribution in [0.25, 0.3) is 0 Å². The number of benzene rings is 1. The van der Waals surface area contributed by atoms with E-state index in [0.717, 1.165) is 18.4 Å². The lowest BCUT2D eigenvalue weighted by molar-refractivity contribution is -0.384. The van der Waals surface area contributed by atoms with E-state index >= 15 is 0 Å². The van der Waals surface area contributed by atoms with Crippen molar-refractivity contribution in [3.63, 3.8) is 0 Å². The molecule has 7 nitrogen and oxygen atoms in total. The Morgan fingerprint density at radius 3 is 2.76 bits per heavy atom. The Balaban J connectivity index is 2.00. The number of amides is 2. The molecule has 2 rings (SSSR count). The molecule has 1 aliphatic rings. The Kier molecular flexibility index (Phi) is 6.12. The first kappa shape index (κ1) is 18.9. The Hall–Kier alpha value is -2.44. The van der Waals surface area contributed by atoms with Crippen molar-refractivity contribution in [1.29, 1.82) is 0 Å². The normalized spacial score (nSPS) is 17.4. The van der Waals surface area contributed by atoms with Crippen molar-refractivity contribution in [2.75, 3.05) is 20.1 Å².